The van der Waals surface area contributed by atoms with Gasteiger partial charge in [0, 0.05) is 23.8 Å². The van der Waals surface area contributed by atoms with Gasteiger partial charge in [-0.2, -0.15) is 5.10 Å². The van der Waals surface area contributed by atoms with Gasteiger partial charge in [0.1, 0.15) is 0 Å². The fraction of sp³-hybridized carbons (Fsp3) is 0.579. The first-order chi connectivity index (χ1) is 13.8. The normalized spacial score (nSPS) is 14.6. The maximum Gasteiger partial charge on any atom is 0.335 e. The van der Waals surface area contributed by atoms with Crippen LogP contribution < -0.4 is 14.8 Å². The van der Waals surface area contributed by atoms with Crippen LogP contribution in [0.2, 0.25) is 0 Å². The van der Waals surface area contributed by atoms with Gasteiger partial charge in [0.2, 0.25) is 11.8 Å². The molecule has 0 unspecified atom stereocenters. The van der Waals surface area contributed by atoms with E-state index < -0.39 is 16.1 Å². The van der Waals surface area contributed by atoms with E-state index in [1.807, 2.05) is 52.3 Å². The SMILES string of the molecule is CC(C)(C)c1cc(C(C)(C)C)nc(NC(=O)NS(=O)(=O)c2cnn3c2OCCC3)n1. The number of fused-ring (bicyclic) bond motifs is 1. The van der Waals surface area contributed by atoms with E-state index in [9.17, 15) is 13.2 Å². The Bertz CT molecular complexity index is 1030. The van der Waals surface area contributed by atoms with Crippen molar-refractivity contribution in [2.24, 2.45) is 0 Å². The van der Waals surface area contributed by atoms with Gasteiger partial charge in [0.15, 0.2) is 4.90 Å². The number of rotatable bonds is 3. The van der Waals surface area contributed by atoms with Gasteiger partial charge in [0.25, 0.3) is 10.0 Å². The Morgan fingerprint density at radius 3 is 2.27 bits per heavy atom. The molecule has 2 aromatic heterocycles. The number of urea groups is 1. The van der Waals surface area contributed by atoms with Crippen LogP contribution in [0.15, 0.2) is 17.2 Å². The Morgan fingerprint density at radius 1 is 1.10 bits per heavy atom. The molecule has 0 fully saturated rings. The molecule has 0 saturated heterocycles. The van der Waals surface area contributed by atoms with Gasteiger partial charge in [-0.25, -0.2) is 32.6 Å². The third-order valence-electron chi connectivity index (χ3n) is 4.52. The lowest BCUT2D eigenvalue weighted by atomic mass is 9.87. The summed E-state index contributed by atoms with van der Waals surface area (Å²) in [4.78, 5) is 21.1. The highest BCUT2D eigenvalue weighted by Crippen LogP contribution is 2.28. The fourth-order valence-electron chi connectivity index (χ4n) is 2.81. The molecule has 0 radical (unpaired) electrons. The first kappa shape index (κ1) is 22.0. The van der Waals surface area contributed by atoms with E-state index in [4.69, 9.17) is 4.74 Å². The molecule has 0 saturated carbocycles. The number of ether oxygens (including phenoxy) is 1. The number of amides is 2. The Labute approximate surface area is 176 Å². The first-order valence-electron chi connectivity index (χ1n) is 9.70. The monoisotopic (exact) mass is 436 g/mol. The second kappa shape index (κ2) is 7.53. The van der Waals surface area contributed by atoms with Crippen molar-refractivity contribution in [2.45, 2.75) is 70.2 Å². The summed E-state index contributed by atoms with van der Waals surface area (Å²) in [5.74, 6) is 0.163. The number of carbonyl (C=O) groups excluding carboxylic acids is 1. The van der Waals surface area contributed by atoms with Crippen molar-refractivity contribution in [3.63, 3.8) is 0 Å². The third-order valence-corrected chi connectivity index (χ3v) is 5.83. The van der Waals surface area contributed by atoms with Crippen molar-refractivity contribution in [3.05, 3.63) is 23.7 Å². The number of hydrogen-bond donors (Lipinski definition) is 2. The summed E-state index contributed by atoms with van der Waals surface area (Å²) in [7, 11) is -4.18. The molecular weight excluding hydrogens is 408 g/mol. The number of nitrogens with zero attached hydrogens (tertiary/aromatic N) is 4. The van der Waals surface area contributed by atoms with E-state index in [1.54, 1.807) is 0 Å². The average Bonchev–Trinajstić information content (AvgIpc) is 3.04. The molecule has 30 heavy (non-hydrogen) atoms. The molecule has 11 heteroatoms. The average molecular weight is 437 g/mol. The first-order valence-corrected chi connectivity index (χ1v) is 11.2. The van der Waals surface area contributed by atoms with E-state index in [1.165, 1.54) is 10.9 Å². The number of carbonyl (C=O) groups is 1. The molecule has 0 spiro atoms. The van der Waals surface area contributed by atoms with Crippen molar-refractivity contribution in [3.8, 4) is 5.88 Å². The van der Waals surface area contributed by atoms with Crippen LogP contribution in [0.25, 0.3) is 0 Å². The maximum atomic E-state index is 12.7. The quantitative estimate of drug-likeness (QED) is 0.756. The summed E-state index contributed by atoms with van der Waals surface area (Å²) in [5.41, 5.74) is 0.909. The zero-order chi connectivity index (χ0) is 22.3. The molecule has 10 nitrogen and oxygen atoms in total. The summed E-state index contributed by atoms with van der Waals surface area (Å²) in [6, 6.07) is 0.938. The van der Waals surface area contributed by atoms with Gasteiger partial charge in [-0.15, -0.1) is 0 Å². The van der Waals surface area contributed by atoms with Crippen LogP contribution in [0.3, 0.4) is 0 Å². The molecule has 1 aliphatic rings. The largest absolute Gasteiger partial charge is 0.477 e. The molecule has 0 aliphatic carbocycles. The van der Waals surface area contributed by atoms with Gasteiger partial charge in [-0.3, -0.25) is 5.32 Å². The zero-order valence-corrected chi connectivity index (χ0v) is 18.9. The van der Waals surface area contributed by atoms with Crippen LogP contribution in [0, 0.1) is 0 Å². The Morgan fingerprint density at radius 2 is 1.70 bits per heavy atom. The van der Waals surface area contributed by atoms with Crippen LogP contribution in [0.1, 0.15) is 59.4 Å². The third kappa shape index (κ3) is 4.72. The highest BCUT2D eigenvalue weighted by atomic mass is 32.2. The molecule has 3 heterocycles. The molecule has 2 aromatic rings. The minimum atomic E-state index is -4.18. The van der Waals surface area contributed by atoms with E-state index in [0.717, 1.165) is 17.8 Å². The minimum absolute atomic E-state index is 0.0355. The number of anilines is 1. The van der Waals surface area contributed by atoms with E-state index in [2.05, 4.69) is 20.4 Å². The number of nitrogens with one attached hydrogen (secondary N) is 2. The zero-order valence-electron chi connectivity index (χ0n) is 18.1. The van der Waals surface area contributed by atoms with Crippen LogP contribution in [-0.2, 0) is 27.4 Å². The van der Waals surface area contributed by atoms with Crippen LogP contribution >= 0.6 is 0 Å². The number of sulfonamides is 1. The molecule has 0 aromatic carbocycles. The van der Waals surface area contributed by atoms with Gasteiger partial charge in [-0.1, -0.05) is 41.5 Å². The van der Waals surface area contributed by atoms with Crippen molar-refractivity contribution < 1.29 is 17.9 Å². The standard InChI is InChI=1S/C19H28N6O4S/c1-18(2,3)13-10-14(19(4,5)6)22-16(21-13)23-17(26)24-30(27,28)12-11-20-25-8-7-9-29-15(12)25/h10-11H,7-9H2,1-6H3,(H2,21,22,23,24,26). The predicted molar refractivity (Wildman–Crippen MR) is 111 cm³/mol. The van der Waals surface area contributed by atoms with Gasteiger partial charge >= 0.3 is 6.03 Å². The lowest BCUT2D eigenvalue weighted by molar-refractivity contribution is 0.224. The van der Waals surface area contributed by atoms with Crippen molar-refractivity contribution in [1.29, 1.82) is 0 Å². The number of aryl methyl sites for hydroxylation is 1. The molecule has 1 aliphatic heterocycles. The fourth-order valence-corrected chi connectivity index (χ4v) is 3.79. The van der Waals surface area contributed by atoms with E-state index in [-0.39, 0.29) is 27.6 Å². The Balaban J connectivity index is 1.84. The minimum Gasteiger partial charge on any atom is -0.477 e. The topological polar surface area (TPSA) is 128 Å². The highest BCUT2D eigenvalue weighted by Gasteiger charge is 2.29. The van der Waals surface area contributed by atoms with Gasteiger partial charge < -0.3 is 4.74 Å². The van der Waals surface area contributed by atoms with Gasteiger partial charge in [0.05, 0.1) is 24.2 Å². The highest BCUT2D eigenvalue weighted by molar-refractivity contribution is 7.90. The van der Waals surface area contributed by atoms with Crippen molar-refractivity contribution >= 4 is 22.0 Å². The Hall–Kier alpha value is -2.69. The van der Waals surface area contributed by atoms with Crippen molar-refractivity contribution in [1.82, 2.24) is 24.5 Å². The van der Waals surface area contributed by atoms with Crippen LogP contribution in [-0.4, -0.2) is 40.8 Å². The second-order valence-electron chi connectivity index (χ2n) is 9.26. The lowest BCUT2D eigenvalue weighted by Crippen LogP contribution is -2.35. The van der Waals surface area contributed by atoms with Gasteiger partial charge in [-0.05, 0) is 6.07 Å². The lowest BCUT2D eigenvalue weighted by Gasteiger charge is -2.24. The summed E-state index contributed by atoms with van der Waals surface area (Å²) >= 11 is 0. The van der Waals surface area contributed by atoms with Crippen molar-refractivity contribution in [2.75, 3.05) is 11.9 Å². The second-order valence-corrected chi connectivity index (χ2v) is 10.9. The molecular formula is C19H28N6O4S. The molecule has 164 valence electrons. The predicted octanol–water partition coefficient (Wildman–Crippen LogP) is 2.56. The smallest absolute Gasteiger partial charge is 0.335 e. The van der Waals surface area contributed by atoms with Crippen LogP contribution in [0.5, 0.6) is 5.88 Å². The molecule has 2 N–H and O–H groups in total. The number of aromatic nitrogens is 4. The van der Waals surface area contributed by atoms with Crippen LogP contribution in [0.4, 0.5) is 10.7 Å². The van der Waals surface area contributed by atoms with E-state index >= 15 is 0 Å². The molecule has 0 atom stereocenters. The summed E-state index contributed by atoms with van der Waals surface area (Å²) < 4.78 is 34.2. The van der Waals surface area contributed by atoms with E-state index in [0.29, 0.717) is 13.2 Å². The molecule has 3 rings (SSSR count). The summed E-state index contributed by atoms with van der Waals surface area (Å²) in [5, 5.41) is 6.45. The summed E-state index contributed by atoms with van der Waals surface area (Å²) in [6.45, 7) is 12.9. The molecule has 0 bridgehead atoms. The molecule has 2 amide bonds. The number of hydrogen-bond acceptors (Lipinski definition) is 7. The summed E-state index contributed by atoms with van der Waals surface area (Å²) in [6.07, 6.45) is 1.91. The maximum absolute atomic E-state index is 12.7. The Kier molecular flexibility index (Phi) is 5.52.